The van der Waals surface area contributed by atoms with Crippen LogP contribution in [0.2, 0.25) is 0 Å². The molecular formula is C7H11ClFN5O. The van der Waals surface area contributed by atoms with E-state index in [2.05, 4.69) is 25.8 Å². The second-order valence-electron chi connectivity index (χ2n) is 3.12. The van der Waals surface area contributed by atoms with Gasteiger partial charge >= 0.3 is 0 Å². The number of nitrogens with one attached hydrogen (secondary N) is 3. The lowest BCUT2D eigenvalue weighted by atomic mass is 10.2. The molecule has 2 atom stereocenters. The van der Waals surface area contributed by atoms with Crippen LogP contribution in [-0.4, -0.2) is 39.8 Å². The Kier molecular flexibility index (Phi) is 3.98. The number of H-pyrrole nitrogens is 1. The van der Waals surface area contributed by atoms with Crippen LogP contribution in [0.15, 0.2) is 6.33 Å². The third-order valence-corrected chi connectivity index (χ3v) is 2.05. The first kappa shape index (κ1) is 11.9. The number of hydrogen-bond acceptors (Lipinski definition) is 4. The van der Waals surface area contributed by atoms with Crippen molar-refractivity contribution in [3.05, 3.63) is 6.33 Å². The third-order valence-electron chi connectivity index (χ3n) is 2.05. The SMILES string of the molecule is Cl.O=C(Nc1ncn[nH]1)[C@H]1C[C@H](F)CN1. The first-order valence-corrected chi connectivity index (χ1v) is 4.29. The number of carbonyl (C=O) groups excluding carboxylic acids is 1. The molecule has 0 unspecified atom stereocenters. The van der Waals surface area contributed by atoms with Gasteiger partial charge in [-0.15, -0.1) is 12.4 Å². The number of rotatable bonds is 2. The molecule has 0 saturated carbocycles. The summed E-state index contributed by atoms with van der Waals surface area (Å²) in [4.78, 5) is 15.2. The Morgan fingerprint density at radius 1 is 1.67 bits per heavy atom. The molecule has 84 valence electrons. The Hall–Kier alpha value is -1.21. The Balaban J connectivity index is 0.00000112. The van der Waals surface area contributed by atoms with Crippen LogP contribution in [0.5, 0.6) is 0 Å². The molecule has 1 fully saturated rings. The molecule has 1 aromatic heterocycles. The molecule has 0 spiro atoms. The minimum atomic E-state index is -0.944. The molecule has 0 aromatic carbocycles. The predicted molar refractivity (Wildman–Crippen MR) is 53.6 cm³/mol. The van der Waals surface area contributed by atoms with E-state index in [0.29, 0.717) is 0 Å². The van der Waals surface area contributed by atoms with Crippen LogP contribution in [0.4, 0.5) is 10.3 Å². The number of halogens is 2. The highest BCUT2D eigenvalue weighted by molar-refractivity contribution is 5.93. The fraction of sp³-hybridized carbons (Fsp3) is 0.571. The van der Waals surface area contributed by atoms with Gasteiger partial charge in [0.2, 0.25) is 11.9 Å². The Bertz CT molecular complexity index is 319. The van der Waals surface area contributed by atoms with E-state index in [-0.39, 0.29) is 37.2 Å². The molecule has 0 bridgehead atoms. The van der Waals surface area contributed by atoms with E-state index in [1.807, 2.05) is 0 Å². The molecular weight excluding hydrogens is 225 g/mol. The van der Waals surface area contributed by atoms with Gasteiger partial charge in [0.25, 0.3) is 0 Å². The van der Waals surface area contributed by atoms with Gasteiger partial charge in [-0.1, -0.05) is 0 Å². The van der Waals surface area contributed by atoms with E-state index < -0.39 is 12.2 Å². The summed E-state index contributed by atoms with van der Waals surface area (Å²) in [6.45, 7) is 0.231. The van der Waals surface area contributed by atoms with Crippen molar-refractivity contribution >= 4 is 24.3 Å². The average molecular weight is 236 g/mol. The van der Waals surface area contributed by atoms with E-state index in [0.717, 1.165) is 0 Å². The van der Waals surface area contributed by atoms with Gasteiger partial charge in [0, 0.05) is 13.0 Å². The van der Waals surface area contributed by atoms with Crippen LogP contribution in [0.1, 0.15) is 6.42 Å². The fourth-order valence-corrected chi connectivity index (χ4v) is 1.36. The second-order valence-corrected chi connectivity index (χ2v) is 3.12. The van der Waals surface area contributed by atoms with Crippen LogP contribution in [-0.2, 0) is 4.79 Å². The molecule has 1 aromatic rings. The van der Waals surface area contributed by atoms with Crippen molar-refractivity contribution < 1.29 is 9.18 Å². The summed E-state index contributed by atoms with van der Waals surface area (Å²) < 4.78 is 12.7. The van der Waals surface area contributed by atoms with Gasteiger partial charge in [-0.25, -0.2) is 9.49 Å². The lowest BCUT2D eigenvalue weighted by Gasteiger charge is -2.07. The highest BCUT2D eigenvalue weighted by Crippen LogP contribution is 2.11. The number of aromatic nitrogens is 3. The van der Waals surface area contributed by atoms with E-state index in [4.69, 9.17) is 0 Å². The standard InChI is InChI=1S/C7H10FN5O.ClH/c8-4-1-5(9-2-4)6(14)12-7-10-3-11-13-7;/h3-5,9H,1-2H2,(H2,10,11,12,13,14);1H/t4-,5+;/m0./s1. The van der Waals surface area contributed by atoms with Gasteiger partial charge in [-0.05, 0) is 0 Å². The summed E-state index contributed by atoms with van der Waals surface area (Å²) in [6.07, 6.45) is 0.552. The molecule has 2 heterocycles. The normalized spacial score (nSPS) is 24.6. The Morgan fingerprint density at radius 2 is 2.47 bits per heavy atom. The summed E-state index contributed by atoms with van der Waals surface area (Å²) >= 11 is 0. The summed E-state index contributed by atoms with van der Waals surface area (Å²) in [5.41, 5.74) is 0. The van der Waals surface area contributed by atoms with Gasteiger partial charge in [0.15, 0.2) is 0 Å². The maximum atomic E-state index is 12.7. The van der Waals surface area contributed by atoms with Crippen molar-refractivity contribution in [1.29, 1.82) is 0 Å². The maximum absolute atomic E-state index is 12.7. The summed E-state index contributed by atoms with van der Waals surface area (Å²) in [6, 6.07) is -0.477. The summed E-state index contributed by atoms with van der Waals surface area (Å²) in [5, 5.41) is 11.3. The maximum Gasteiger partial charge on any atom is 0.243 e. The van der Waals surface area contributed by atoms with E-state index in [1.54, 1.807) is 0 Å². The molecule has 15 heavy (non-hydrogen) atoms. The highest BCUT2D eigenvalue weighted by atomic mass is 35.5. The molecule has 1 amide bonds. The van der Waals surface area contributed by atoms with Crippen LogP contribution >= 0.6 is 12.4 Å². The van der Waals surface area contributed by atoms with E-state index in [9.17, 15) is 9.18 Å². The zero-order valence-electron chi connectivity index (χ0n) is 7.74. The largest absolute Gasteiger partial charge is 0.303 e. The summed E-state index contributed by atoms with van der Waals surface area (Å²) in [7, 11) is 0. The number of anilines is 1. The van der Waals surface area contributed by atoms with Crippen LogP contribution in [0.3, 0.4) is 0 Å². The molecule has 3 N–H and O–H groups in total. The van der Waals surface area contributed by atoms with Gasteiger partial charge < -0.3 is 5.32 Å². The molecule has 0 radical (unpaired) electrons. The first-order valence-electron chi connectivity index (χ1n) is 4.29. The Labute approximate surface area is 91.4 Å². The lowest BCUT2D eigenvalue weighted by molar-refractivity contribution is -0.117. The number of nitrogens with zero attached hydrogens (tertiary/aromatic N) is 2. The number of amides is 1. The van der Waals surface area contributed by atoms with Crippen LogP contribution in [0.25, 0.3) is 0 Å². The number of alkyl halides is 1. The van der Waals surface area contributed by atoms with Crippen LogP contribution < -0.4 is 10.6 Å². The van der Waals surface area contributed by atoms with Crippen molar-refractivity contribution in [2.24, 2.45) is 0 Å². The van der Waals surface area contributed by atoms with Crippen molar-refractivity contribution in [2.75, 3.05) is 11.9 Å². The minimum absolute atomic E-state index is 0. The van der Waals surface area contributed by atoms with Crippen molar-refractivity contribution in [3.63, 3.8) is 0 Å². The van der Waals surface area contributed by atoms with Gasteiger partial charge in [-0.2, -0.15) is 10.1 Å². The van der Waals surface area contributed by atoms with Gasteiger partial charge in [0.05, 0.1) is 6.04 Å². The van der Waals surface area contributed by atoms with Crippen LogP contribution in [0, 0.1) is 0 Å². The predicted octanol–water partition coefficient (Wildman–Crippen LogP) is -0.135. The fourth-order valence-electron chi connectivity index (χ4n) is 1.36. The molecule has 6 nitrogen and oxygen atoms in total. The molecule has 1 aliphatic heterocycles. The molecule has 1 saturated heterocycles. The van der Waals surface area contributed by atoms with E-state index >= 15 is 0 Å². The molecule has 2 rings (SSSR count). The van der Waals surface area contributed by atoms with Gasteiger partial charge in [0.1, 0.15) is 12.5 Å². The van der Waals surface area contributed by atoms with Crippen molar-refractivity contribution in [2.45, 2.75) is 18.6 Å². The summed E-state index contributed by atoms with van der Waals surface area (Å²) in [5.74, 6) is -0.0130. The van der Waals surface area contributed by atoms with Crippen molar-refractivity contribution in [3.8, 4) is 0 Å². The zero-order chi connectivity index (χ0) is 9.97. The second kappa shape index (κ2) is 5.04. The monoisotopic (exact) mass is 235 g/mol. The van der Waals surface area contributed by atoms with Gasteiger partial charge in [-0.3, -0.25) is 10.1 Å². The molecule has 8 heteroatoms. The lowest BCUT2D eigenvalue weighted by Crippen LogP contribution is -2.35. The number of hydrogen-bond donors (Lipinski definition) is 3. The quantitative estimate of drug-likeness (QED) is 0.667. The number of carbonyl (C=O) groups is 1. The molecule has 1 aliphatic rings. The highest BCUT2D eigenvalue weighted by Gasteiger charge is 2.29. The molecule has 0 aliphatic carbocycles. The first-order chi connectivity index (χ1) is 6.75. The third kappa shape index (κ3) is 2.87. The topological polar surface area (TPSA) is 82.7 Å². The smallest absolute Gasteiger partial charge is 0.243 e. The van der Waals surface area contributed by atoms with E-state index in [1.165, 1.54) is 6.33 Å². The number of aromatic amines is 1. The minimum Gasteiger partial charge on any atom is -0.303 e. The Morgan fingerprint density at radius 3 is 3.00 bits per heavy atom. The zero-order valence-corrected chi connectivity index (χ0v) is 8.55. The van der Waals surface area contributed by atoms with Crippen molar-refractivity contribution in [1.82, 2.24) is 20.5 Å². The average Bonchev–Trinajstić information content (AvgIpc) is 2.75.